The number of hydrogen-bond acceptors (Lipinski definition) is 7. The summed E-state index contributed by atoms with van der Waals surface area (Å²) in [6, 6.07) is 16.8. The predicted molar refractivity (Wildman–Crippen MR) is 114 cm³/mol. The topological polar surface area (TPSA) is 105 Å². The van der Waals surface area contributed by atoms with E-state index in [0.29, 0.717) is 23.2 Å². The molecule has 2 heterocycles. The van der Waals surface area contributed by atoms with Crippen molar-refractivity contribution >= 4 is 40.1 Å². The Balaban J connectivity index is 1.44. The van der Waals surface area contributed by atoms with Gasteiger partial charge in [0.2, 0.25) is 5.95 Å². The molecule has 30 heavy (non-hydrogen) atoms. The van der Waals surface area contributed by atoms with Gasteiger partial charge in [0.15, 0.2) is 5.82 Å². The normalized spacial score (nSPS) is 13.2. The van der Waals surface area contributed by atoms with Crippen LogP contribution >= 0.6 is 0 Å². The van der Waals surface area contributed by atoms with Crippen LogP contribution in [0.5, 0.6) is 0 Å². The second kappa shape index (κ2) is 7.47. The number of fused-ring (bicyclic) bond motifs is 1. The number of para-hydroxylation sites is 1. The van der Waals surface area contributed by atoms with Gasteiger partial charge >= 0.3 is 5.97 Å². The molecule has 1 aliphatic carbocycles. The summed E-state index contributed by atoms with van der Waals surface area (Å²) in [6.45, 7) is 0. The molecule has 1 aliphatic rings. The molecule has 150 valence electrons. The van der Waals surface area contributed by atoms with Crippen LogP contribution in [0.4, 0.5) is 23.3 Å². The van der Waals surface area contributed by atoms with E-state index >= 15 is 0 Å². The predicted octanol–water partition coefficient (Wildman–Crippen LogP) is 4.50. The molecule has 0 aliphatic heterocycles. The number of esters is 1. The van der Waals surface area contributed by atoms with Crippen LogP contribution in [0.2, 0.25) is 0 Å². The Kier molecular flexibility index (Phi) is 4.51. The van der Waals surface area contributed by atoms with Crippen molar-refractivity contribution in [3.05, 3.63) is 65.9 Å². The lowest BCUT2D eigenvalue weighted by atomic mass is 10.2. The Bertz CT molecular complexity index is 1210. The fourth-order valence-corrected chi connectivity index (χ4v) is 3.29. The van der Waals surface area contributed by atoms with Crippen molar-refractivity contribution in [3.8, 4) is 0 Å². The van der Waals surface area contributed by atoms with Crippen LogP contribution in [0.15, 0.2) is 54.6 Å². The minimum atomic E-state index is -0.375. The first-order chi connectivity index (χ1) is 14.7. The number of aromatic amines is 1. The van der Waals surface area contributed by atoms with Crippen LogP contribution < -0.4 is 10.6 Å². The Morgan fingerprint density at radius 2 is 1.87 bits per heavy atom. The van der Waals surface area contributed by atoms with Crippen LogP contribution in [0.3, 0.4) is 0 Å². The molecule has 0 bridgehead atoms. The molecule has 0 amide bonds. The number of carbonyl (C=O) groups is 1. The molecule has 0 spiro atoms. The fourth-order valence-electron chi connectivity index (χ4n) is 3.29. The first kappa shape index (κ1) is 18.1. The summed E-state index contributed by atoms with van der Waals surface area (Å²) < 4.78 is 4.73. The summed E-state index contributed by atoms with van der Waals surface area (Å²) in [5.41, 5.74) is 3.20. The van der Waals surface area contributed by atoms with E-state index < -0.39 is 0 Å². The number of ether oxygens (including phenoxy) is 1. The molecule has 4 aromatic rings. The Morgan fingerprint density at radius 3 is 2.63 bits per heavy atom. The van der Waals surface area contributed by atoms with Gasteiger partial charge in [0.25, 0.3) is 0 Å². The SMILES string of the molecule is COC(=O)c1ccc(Nc2nc(Nc3cc(C4CC4)[nH]n3)c3ccccc3n2)cc1. The monoisotopic (exact) mass is 400 g/mol. The molecule has 1 saturated carbocycles. The van der Waals surface area contributed by atoms with Gasteiger partial charge in [0.05, 0.1) is 18.2 Å². The van der Waals surface area contributed by atoms with Gasteiger partial charge in [0, 0.05) is 28.8 Å². The highest BCUT2D eigenvalue weighted by atomic mass is 16.5. The second-order valence-electron chi connectivity index (χ2n) is 7.21. The van der Waals surface area contributed by atoms with Crippen molar-refractivity contribution in [1.82, 2.24) is 20.2 Å². The van der Waals surface area contributed by atoms with Crippen molar-refractivity contribution in [3.63, 3.8) is 0 Å². The third-order valence-electron chi connectivity index (χ3n) is 5.03. The number of anilines is 4. The lowest BCUT2D eigenvalue weighted by Crippen LogP contribution is -2.03. The smallest absolute Gasteiger partial charge is 0.337 e. The first-order valence-corrected chi connectivity index (χ1v) is 9.74. The lowest BCUT2D eigenvalue weighted by molar-refractivity contribution is 0.0601. The molecule has 2 aromatic carbocycles. The number of nitrogens with zero attached hydrogens (tertiary/aromatic N) is 3. The maximum atomic E-state index is 11.6. The number of H-pyrrole nitrogens is 1. The zero-order valence-electron chi connectivity index (χ0n) is 16.3. The molecular formula is C22H20N6O2. The number of nitrogens with one attached hydrogen (secondary N) is 3. The molecule has 0 saturated heterocycles. The first-order valence-electron chi connectivity index (χ1n) is 9.74. The van der Waals surface area contributed by atoms with Crippen molar-refractivity contribution in [2.75, 3.05) is 17.7 Å². The molecule has 0 unspecified atom stereocenters. The average molecular weight is 400 g/mol. The molecule has 0 atom stereocenters. The van der Waals surface area contributed by atoms with Gasteiger partial charge in [-0.25, -0.2) is 9.78 Å². The van der Waals surface area contributed by atoms with E-state index in [2.05, 4.69) is 30.8 Å². The molecular weight excluding hydrogens is 380 g/mol. The van der Waals surface area contributed by atoms with Gasteiger partial charge in [-0.2, -0.15) is 10.1 Å². The zero-order valence-corrected chi connectivity index (χ0v) is 16.3. The van der Waals surface area contributed by atoms with Crippen LogP contribution in [0, 0.1) is 0 Å². The minimum absolute atomic E-state index is 0.375. The van der Waals surface area contributed by atoms with Crippen LogP contribution in [-0.4, -0.2) is 33.2 Å². The van der Waals surface area contributed by atoms with Gasteiger partial charge in [0.1, 0.15) is 5.82 Å². The van der Waals surface area contributed by atoms with Crippen LogP contribution in [0.25, 0.3) is 10.9 Å². The van der Waals surface area contributed by atoms with Crippen LogP contribution in [-0.2, 0) is 4.74 Å². The molecule has 8 nitrogen and oxygen atoms in total. The average Bonchev–Trinajstić information content (AvgIpc) is 3.53. The van der Waals surface area contributed by atoms with Crippen LogP contribution in [0.1, 0.15) is 34.8 Å². The quantitative estimate of drug-likeness (QED) is 0.409. The van der Waals surface area contributed by atoms with Gasteiger partial charge in [-0.05, 0) is 49.2 Å². The number of hydrogen-bond donors (Lipinski definition) is 3. The van der Waals surface area contributed by atoms with Crippen molar-refractivity contribution in [1.29, 1.82) is 0 Å². The molecule has 5 rings (SSSR count). The molecule has 1 fully saturated rings. The Morgan fingerprint density at radius 1 is 1.07 bits per heavy atom. The Labute approximate surface area is 172 Å². The van der Waals surface area contributed by atoms with Crippen molar-refractivity contribution in [2.45, 2.75) is 18.8 Å². The number of aromatic nitrogens is 4. The van der Waals surface area contributed by atoms with E-state index in [9.17, 15) is 4.79 Å². The van der Waals surface area contributed by atoms with E-state index in [1.165, 1.54) is 20.0 Å². The Hall–Kier alpha value is -3.94. The second-order valence-corrected chi connectivity index (χ2v) is 7.21. The number of methoxy groups -OCH3 is 1. The lowest BCUT2D eigenvalue weighted by Gasteiger charge is -2.11. The maximum absolute atomic E-state index is 11.6. The van der Waals surface area contributed by atoms with Crippen molar-refractivity contribution in [2.24, 2.45) is 0 Å². The fraction of sp³-hybridized carbons (Fsp3) is 0.182. The zero-order chi connectivity index (χ0) is 20.5. The summed E-state index contributed by atoms with van der Waals surface area (Å²) in [5, 5.41) is 14.9. The van der Waals surface area contributed by atoms with E-state index in [1.54, 1.807) is 24.3 Å². The standard InChI is InChI=1S/C22H20N6O2/c1-30-21(29)14-8-10-15(11-9-14)23-22-24-17-5-3-2-4-16(17)20(26-22)25-19-12-18(27-28-19)13-6-7-13/h2-5,8-13H,6-7H2,1H3,(H3,23,24,25,26,27,28). The minimum Gasteiger partial charge on any atom is -0.465 e. The third-order valence-corrected chi connectivity index (χ3v) is 5.03. The summed E-state index contributed by atoms with van der Waals surface area (Å²) in [5.74, 6) is 2.07. The van der Waals surface area contributed by atoms with E-state index in [-0.39, 0.29) is 5.97 Å². The molecule has 8 heteroatoms. The number of carbonyl (C=O) groups excluding carboxylic acids is 1. The largest absolute Gasteiger partial charge is 0.465 e. The highest BCUT2D eigenvalue weighted by molar-refractivity contribution is 5.92. The van der Waals surface area contributed by atoms with Gasteiger partial charge < -0.3 is 15.4 Å². The van der Waals surface area contributed by atoms with E-state index in [1.807, 2.05) is 30.3 Å². The van der Waals surface area contributed by atoms with Gasteiger partial charge in [-0.15, -0.1) is 0 Å². The molecule has 3 N–H and O–H groups in total. The van der Waals surface area contributed by atoms with Crippen molar-refractivity contribution < 1.29 is 9.53 Å². The summed E-state index contributed by atoms with van der Waals surface area (Å²) in [6.07, 6.45) is 2.42. The van der Waals surface area contributed by atoms with E-state index in [4.69, 9.17) is 4.74 Å². The number of rotatable bonds is 6. The molecule has 2 aromatic heterocycles. The summed E-state index contributed by atoms with van der Waals surface area (Å²) >= 11 is 0. The highest BCUT2D eigenvalue weighted by Crippen LogP contribution is 2.39. The molecule has 0 radical (unpaired) electrons. The maximum Gasteiger partial charge on any atom is 0.337 e. The summed E-state index contributed by atoms with van der Waals surface area (Å²) in [7, 11) is 1.36. The van der Waals surface area contributed by atoms with Gasteiger partial charge in [-0.1, -0.05) is 12.1 Å². The third kappa shape index (κ3) is 3.67. The van der Waals surface area contributed by atoms with E-state index in [0.717, 1.165) is 28.1 Å². The summed E-state index contributed by atoms with van der Waals surface area (Å²) in [4.78, 5) is 20.9. The number of benzene rings is 2. The highest BCUT2D eigenvalue weighted by Gasteiger charge is 2.25. The van der Waals surface area contributed by atoms with Gasteiger partial charge in [-0.3, -0.25) is 5.10 Å².